The summed E-state index contributed by atoms with van der Waals surface area (Å²) in [5, 5.41) is 10.3. The van der Waals surface area contributed by atoms with Crippen molar-refractivity contribution in [1.82, 2.24) is 4.98 Å². The molecule has 0 aliphatic rings. The quantitative estimate of drug-likeness (QED) is 0.844. The highest BCUT2D eigenvalue weighted by Gasteiger charge is 2.12. The molecule has 0 amide bonds. The Hall–Kier alpha value is -0.710. The van der Waals surface area contributed by atoms with E-state index in [1.54, 1.807) is 12.4 Å². The van der Waals surface area contributed by atoms with Gasteiger partial charge in [0, 0.05) is 27.8 Å². The van der Waals surface area contributed by atoms with E-state index >= 15 is 0 Å². The second kappa shape index (κ2) is 6.16. The van der Waals surface area contributed by atoms with Crippen LogP contribution in [0.1, 0.15) is 28.4 Å². The van der Waals surface area contributed by atoms with Crippen LogP contribution in [0.25, 0.3) is 0 Å². The number of rotatable bonds is 3. The van der Waals surface area contributed by atoms with Crippen molar-refractivity contribution >= 4 is 31.9 Å². The van der Waals surface area contributed by atoms with Crippen LogP contribution in [0, 0.1) is 13.8 Å². The first-order chi connectivity index (χ1) is 8.97. The number of hydrogen-bond acceptors (Lipinski definition) is 2. The van der Waals surface area contributed by atoms with Crippen LogP contribution in [-0.4, -0.2) is 10.1 Å². The van der Waals surface area contributed by atoms with Gasteiger partial charge in [0.15, 0.2) is 0 Å². The minimum Gasteiger partial charge on any atom is -0.388 e. The number of hydrogen-bond donors (Lipinski definition) is 1. The van der Waals surface area contributed by atoms with Gasteiger partial charge < -0.3 is 5.11 Å². The third-order valence-corrected chi connectivity index (χ3v) is 4.72. The Morgan fingerprint density at radius 3 is 2.32 bits per heavy atom. The lowest BCUT2D eigenvalue weighted by Gasteiger charge is -2.14. The molecule has 0 saturated heterocycles. The van der Waals surface area contributed by atoms with Crippen molar-refractivity contribution in [3.05, 3.63) is 61.8 Å². The van der Waals surface area contributed by atoms with E-state index in [-0.39, 0.29) is 0 Å². The molecule has 0 radical (unpaired) electrons. The lowest BCUT2D eigenvalue weighted by Crippen LogP contribution is -2.03. The molecule has 0 saturated carbocycles. The molecule has 1 heterocycles. The Bertz CT molecular complexity index is 575. The van der Waals surface area contributed by atoms with Gasteiger partial charge in [-0.05, 0) is 58.1 Å². The SMILES string of the molecule is Cc1cc(C(O)Cc2cncc(Br)c2)cc(C)c1Br. The largest absolute Gasteiger partial charge is 0.388 e. The van der Waals surface area contributed by atoms with Crippen LogP contribution < -0.4 is 0 Å². The minimum atomic E-state index is -0.512. The maximum Gasteiger partial charge on any atom is 0.0831 e. The maximum absolute atomic E-state index is 10.3. The molecule has 1 unspecified atom stereocenters. The van der Waals surface area contributed by atoms with Crippen LogP contribution in [0.4, 0.5) is 0 Å². The van der Waals surface area contributed by atoms with E-state index in [1.165, 1.54) is 0 Å². The van der Waals surface area contributed by atoms with Gasteiger partial charge in [0.25, 0.3) is 0 Å². The second-order valence-corrected chi connectivity index (χ2v) is 6.41. The molecule has 0 bridgehead atoms. The predicted molar refractivity (Wildman–Crippen MR) is 84.2 cm³/mol. The van der Waals surface area contributed by atoms with Crippen LogP contribution >= 0.6 is 31.9 Å². The summed E-state index contributed by atoms with van der Waals surface area (Å²) < 4.78 is 2.04. The van der Waals surface area contributed by atoms with E-state index in [0.717, 1.165) is 31.2 Å². The fraction of sp³-hybridized carbons (Fsp3) is 0.267. The topological polar surface area (TPSA) is 33.1 Å². The highest BCUT2D eigenvalue weighted by molar-refractivity contribution is 9.10. The molecule has 2 aromatic rings. The highest BCUT2D eigenvalue weighted by Crippen LogP contribution is 2.27. The van der Waals surface area contributed by atoms with Gasteiger partial charge >= 0.3 is 0 Å². The molecule has 0 aliphatic carbocycles. The van der Waals surface area contributed by atoms with E-state index in [1.807, 2.05) is 32.0 Å². The fourth-order valence-corrected chi connectivity index (χ4v) is 2.72. The van der Waals surface area contributed by atoms with Crippen molar-refractivity contribution < 1.29 is 5.11 Å². The first-order valence-corrected chi connectivity index (χ1v) is 7.60. The molecule has 1 atom stereocenters. The minimum absolute atomic E-state index is 0.512. The van der Waals surface area contributed by atoms with Crippen molar-refractivity contribution in [3.63, 3.8) is 0 Å². The molecule has 0 aliphatic heterocycles. The van der Waals surface area contributed by atoms with Crippen LogP contribution in [0.15, 0.2) is 39.5 Å². The fourth-order valence-electron chi connectivity index (χ4n) is 2.08. The number of aliphatic hydroxyl groups is 1. The number of pyridine rings is 1. The highest BCUT2D eigenvalue weighted by atomic mass is 79.9. The van der Waals surface area contributed by atoms with E-state index in [4.69, 9.17) is 0 Å². The molecule has 1 N–H and O–H groups in total. The standard InChI is InChI=1S/C15H15Br2NO/c1-9-3-12(4-10(2)15(9)17)14(19)6-11-5-13(16)8-18-7-11/h3-5,7-8,14,19H,6H2,1-2H3. The molecule has 1 aromatic heterocycles. The molecule has 100 valence electrons. The lowest BCUT2D eigenvalue weighted by molar-refractivity contribution is 0.178. The van der Waals surface area contributed by atoms with E-state index in [0.29, 0.717) is 6.42 Å². The van der Waals surface area contributed by atoms with Gasteiger partial charge in [-0.1, -0.05) is 28.1 Å². The van der Waals surface area contributed by atoms with Crippen LogP contribution in [0.2, 0.25) is 0 Å². The number of aromatic nitrogens is 1. The van der Waals surface area contributed by atoms with Gasteiger partial charge in [-0.2, -0.15) is 0 Å². The monoisotopic (exact) mass is 383 g/mol. The summed E-state index contributed by atoms with van der Waals surface area (Å²) in [5.41, 5.74) is 4.24. The third-order valence-electron chi connectivity index (χ3n) is 3.03. The summed E-state index contributed by atoms with van der Waals surface area (Å²) in [4.78, 5) is 4.11. The van der Waals surface area contributed by atoms with Crippen molar-refractivity contribution in [1.29, 1.82) is 0 Å². The van der Waals surface area contributed by atoms with Crippen LogP contribution in [0.5, 0.6) is 0 Å². The van der Waals surface area contributed by atoms with Gasteiger partial charge in [0.2, 0.25) is 0 Å². The molecular formula is C15H15Br2NO. The first-order valence-electron chi connectivity index (χ1n) is 6.01. The molecule has 19 heavy (non-hydrogen) atoms. The Balaban J connectivity index is 2.23. The Kier molecular flexibility index (Phi) is 4.76. The van der Waals surface area contributed by atoms with E-state index in [9.17, 15) is 5.11 Å². The summed E-state index contributed by atoms with van der Waals surface area (Å²) in [6.07, 6.45) is 3.57. The summed E-state index contributed by atoms with van der Waals surface area (Å²) in [5.74, 6) is 0. The van der Waals surface area contributed by atoms with Crippen LogP contribution in [0.3, 0.4) is 0 Å². The molecule has 1 aromatic carbocycles. The second-order valence-electron chi connectivity index (χ2n) is 4.70. The smallest absolute Gasteiger partial charge is 0.0831 e. The number of benzene rings is 1. The molecule has 0 spiro atoms. The Morgan fingerprint density at radius 2 is 1.74 bits per heavy atom. The zero-order valence-electron chi connectivity index (χ0n) is 10.8. The average molecular weight is 385 g/mol. The maximum atomic E-state index is 10.3. The summed E-state index contributed by atoms with van der Waals surface area (Å²) in [7, 11) is 0. The predicted octanol–water partition coefficient (Wildman–Crippen LogP) is 4.50. The van der Waals surface area contributed by atoms with Crippen molar-refractivity contribution in [2.24, 2.45) is 0 Å². The zero-order valence-corrected chi connectivity index (χ0v) is 14.0. The third kappa shape index (κ3) is 3.65. The Labute approximate surface area is 130 Å². The van der Waals surface area contributed by atoms with E-state index in [2.05, 4.69) is 36.8 Å². The number of halogens is 2. The molecular weight excluding hydrogens is 370 g/mol. The van der Waals surface area contributed by atoms with Gasteiger partial charge in [0.05, 0.1) is 6.10 Å². The molecule has 2 rings (SSSR count). The zero-order chi connectivity index (χ0) is 14.0. The number of nitrogens with zero attached hydrogens (tertiary/aromatic N) is 1. The van der Waals surface area contributed by atoms with E-state index < -0.39 is 6.10 Å². The molecule has 4 heteroatoms. The summed E-state index contributed by atoms with van der Waals surface area (Å²) in [6, 6.07) is 6.02. The van der Waals surface area contributed by atoms with Crippen molar-refractivity contribution in [2.45, 2.75) is 26.4 Å². The van der Waals surface area contributed by atoms with Gasteiger partial charge in [-0.3, -0.25) is 4.98 Å². The van der Waals surface area contributed by atoms with Gasteiger partial charge in [0.1, 0.15) is 0 Å². The normalized spacial score (nSPS) is 12.5. The average Bonchev–Trinajstić information content (AvgIpc) is 2.35. The van der Waals surface area contributed by atoms with Gasteiger partial charge in [-0.15, -0.1) is 0 Å². The molecule has 0 fully saturated rings. The first kappa shape index (κ1) is 14.7. The van der Waals surface area contributed by atoms with Crippen LogP contribution in [-0.2, 0) is 6.42 Å². The summed E-state index contributed by atoms with van der Waals surface area (Å²) >= 11 is 6.93. The number of aliphatic hydroxyl groups excluding tert-OH is 1. The summed E-state index contributed by atoms with van der Waals surface area (Å²) in [6.45, 7) is 4.07. The van der Waals surface area contributed by atoms with Crippen molar-refractivity contribution in [2.75, 3.05) is 0 Å². The van der Waals surface area contributed by atoms with Crippen molar-refractivity contribution in [3.8, 4) is 0 Å². The number of aryl methyl sites for hydroxylation is 2. The Morgan fingerprint density at radius 1 is 1.11 bits per heavy atom. The van der Waals surface area contributed by atoms with Gasteiger partial charge in [-0.25, -0.2) is 0 Å². The molecule has 2 nitrogen and oxygen atoms in total. The lowest BCUT2D eigenvalue weighted by atomic mass is 9.99.